The van der Waals surface area contributed by atoms with E-state index in [4.69, 9.17) is 38.8 Å². The Morgan fingerprint density at radius 1 is 0.512 bits per heavy atom. The summed E-state index contributed by atoms with van der Waals surface area (Å²) >= 11 is -3.24. The monoisotopic (exact) mass is 826 g/mol. The molecule has 0 aliphatic heterocycles. The first kappa shape index (κ1) is 38.6. The van der Waals surface area contributed by atoms with E-state index in [1.807, 2.05) is 38.1 Å². The van der Waals surface area contributed by atoms with Crippen LogP contribution in [0, 0.1) is 14.9 Å². The van der Waals surface area contributed by atoms with Gasteiger partial charge in [-0.2, -0.15) is 0 Å². The van der Waals surface area contributed by atoms with E-state index in [9.17, 15) is 0 Å². The molecule has 0 radical (unpaired) electrons. The topological polar surface area (TPSA) is 51.6 Å². The molecule has 0 saturated carbocycles. The van der Waals surface area contributed by atoms with Gasteiger partial charge in [0.2, 0.25) is 0 Å². The maximum absolute atomic E-state index is 5.37. The second-order valence-electron chi connectivity index (χ2n) is 7.71. The van der Waals surface area contributed by atoms with Crippen LogP contribution < -0.4 is 0 Å². The van der Waals surface area contributed by atoms with Gasteiger partial charge in [-0.05, 0) is 24.3 Å². The van der Waals surface area contributed by atoms with Crippen LogP contribution in [-0.2, 0) is 27.0 Å². The third kappa shape index (κ3) is 12.6. The molecule has 4 aromatic heterocycles. The molecule has 6 aromatic rings. The van der Waals surface area contributed by atoms with Crippen molar-refractivity contribution in [3.8, 4) is 0 Å². The van der Waals surface area contributed by atoms with E-state index in [1.165, 1.54) is 0 Å². The predicted molar refractivity (Wildman–Crippen MR) is 184 cm³/mol. The van der Waals surface area contributed by atoms with E-state index in [1.54, 1.807) is 36.9 Å². The molecule has 4 nitrogen and oxygen atoms in total. The first-order chi connectivity index (χ1) is 19.9. The molecule has 0 saturated heterocycles. The fraction of sp³-hybridized carbons (Fsp3) is 0.0606. The van der Waals surface area contributed by atoms with E-state index in [0.717, 1.165) is 43.6 Å². The second kappa shape index (κ2) is 21.3. The zero-order valence-corrected chi connectivity index (χ0v) is 30.4. The summed E-state index contributed by atoms with van der Waals surface area (Å²) in [6, 6.07) is 24.3. The fourth-order valence-corrected chi connectivity index (χ4v) is 5.72. The van der Waals surface area contributed by atoms with Gasteiger partial charge in [0, 0.05) is 46.3 Å². The summed E-state index contributed by atoms with van der Waals surface area (Å²) in [6.07, 6.45) is 10.7. The summed E-state index contributed by atoms with van der Waals surface area (Å²) in [7, 11) is 21.4. The van der Waals surface area contributed by atoms with Crippen molar-refractivity contribution in [2.45, 2.75) is 13.8 Å². The van der Waals surface area contributed by atoms with Crippen LogP contribution in [0.25, 0.3) is 43.6 Å². The molecule has 10 heteroatoms. The molecule has 43 heavy (non-hydrogen) atoms. The molecular weight excluding hydrogens is 796 g/mol. The molecule has 0 atom stereocenters. The predicted octanol–water partition coefficient (Wildman–Crippen LogP) is 10.4. The number of rotatable bonds is 0. The normalized spacial score (nSPS) is 9.81. The summed E-state index contributed by atoms with van der Waals surface area (Å²) in [5.41, 5.74) is 6.58. The van der Waals surface area contributed by atoms with Crippen LogP contribution in [0.5, 0.6) is 0 Å². The van der Waals surface area contributed by atoms with E-state index >= 15 is 0 Å². The van der Waals surface area contributed by atoms with Gasteiger partial charge in [-0.3, -0.25) is 19.9 Å². The molecule has 0 N–H and O–H groups in total. The molecule has 2 aromatic carbocycles. The van der Waals surface area contributed by atoms with E-state index in [-0.39, 0.29) is 14.9 Å². The number of fused-ring (bicyclic) bond motifs is 6. The standard InChI is InChI=1S/2C12H8N2.C4H4.C3H4.2CH3.4ClH.2Ru/c2*1-3-9-5-6-10-4-2-8-14-12(10)11(9)13-7-1;1-3-4-2;1-3-2;;;;;;;;/h2*1-8H;3H,1H3;3H,1H3;2*1H3;4*1H;;/q;;;;2*-1;;;;;2*+2/p-4. The molecular formula is C33H30Cl4N4Ru2-2. The molecule has 0 amide bonds. The Morgan fingerprint density at radius 3 is 1.02 bits per heavy atom. The van der Waals surface area contributed by atoms with Crippen molar-refractivity contribution in [3.05, 3.63) is 130 Å². The number of aromatic nitrogens is 4. The number of hydrogen-bond donors (Lipinski definition) is 0. The van der Waals surface area contributed by atoms with Crippen LogP contribution in [0.3, 0.4) is 0 Å². The van der Waals surface area contributed by atoms with Gasteiger partial charge < -0.3 is 14.9 Å². The first-order valence-corrected chi connectivity index (χ1v) is 22.6. The van der Waals surface area contributed by atoms with Crippen molar-refractivity contribution in [2.75, 3.05) is 0 Å². The number of halogens is 4. The van der Waals surface area contributed by atoms with Gasteiger partial charge in [0.15, 0.2) is 0 Å². The number of allylic oxidation sites excluding steroid dienone is 2. The van der Waals surface area contributed by atoms with Crippen LogP contribution in [0.4, 0.5) is 0 Å². The molecule has 228 valence electrons. The Kier molecular flexibility index (Phi) is 19.1. The molecule has 0 unspecified atom stereocenters. The van der Waals surface area contributed by atoms with Crippen LogP contribution in [0.2, 0.25) is 0 Å². The van der Waals surface area contributed by atoms with Gasteiger partial charge in [-0.25, -0.2) is 0 Å². The maximum atomic E-state index is 5.37. The Morgan fingerprint density at radius 2 is 0.837 bits per heavy atom. The third-order valence-electron chi connectivity index (χ3n) is 5.13. The van der Waals surface area contributed by atoms with Gasteiger partial charge in [0.1, 0.15) is 0 Å². The van der Waals surface area contributed by atoms with Crippen LogP contribution >= 0.6 is 38.8 Å². The minimum Gasteiger partial charge on any atom is -0.358 e. The molecule has 0 aliphatic carbocycles. The van der Waals surface area contributed by atoms with Gasteiger partial charge >= 0.3 is 106 Å². The minimum atomic E-state index is -1.67. The smallest absolute Gasteiger partial charge is 0.0964 e. The fourth-order valence-electron chi connectivity index (χ4n) is 3.53. The number of benzene rings is 2. The zero-order valence-electron chi connectivity index (χ0n) is 23.9. The van der Waals surface area contributed by atoms with Crippen LogP contribution in [-0.4, -0.2) is 28.5 Å². The van der Waals surface area contributed by atoms with Gasteiger partial charge in [-0.15, -0.1) is 0 Å². The Balaban J connectivity index is 0.000000302. The summed E-state index contributed by atoms with van der Waals surface area (Å²) < 4.78 is 5.42. The molecule has 0 aliphatic rings. The molecule has 4 heterocycles. The number of pyridine rings is 4. The quantitative estimate of drug-likeness (QED) is 0.0663. The Bertz CT molecular complexity index is 1720. The van der Waals surface area contributed by atoms with E-state index in [0.29, 0.717) is 0 Å². The zero-order chi connectivity index (χ0) is 29.5. The van der Waals surface area contributed by atoms with Crippen molar-refractivity contribution in [3.63, 3.8) is 0 Å². The van der Waals surface area contributed by atoms with Crippen LogP contribution in [0.1, 0.15) is 13.8 Å². The van der Waals surface area contributed by atoms with Crippen molar-refractivity contribution >= 4 is 90.9 Å². The summed E-state index contributed by atoms with van der Waals surface area (Å²) in [6.45, 7) is 3.70. The van der Waals surface area contributed by atoms with Crippen molar-refractivity contribution in [1.29, 1.82) is 0 Å². The van der Waals surface area contributed by atoms with Crippen molar-refractivity contribution < 1.29 is 27.0 Å². The van der Waals surface area contributed by atoms with Gasteiger partial charge in [-0.1, -0.05) is 48.5 Å². The average Bonchev–Trinajstić information content (AvgIpc) is 3.01. The Hall–Kier alpha value is -2.43. The molecule has 6 rings (SSSR count). The van der Waals surface area contributed by atoms with Gasteiger partial charge in [0.05, 0.1) is 22.1 Å². The summed E-state index contributed by atoms with van der Waals surface area (Å²) in [4.78, 5) is 17.4. The second-order valence-corrected chi connectivity index (χ2v) is 18.4. The number of hydrogen-bond acceptors (Lipinski definition) is 4. The summed E-state index contributed by atoms with van der Waals surface area (Å²) in [5, 5.41) is 4.55. The van der Waals surface area contributed by atoms with Gasteiger partial charge in [0.25, 0.3) is 0 Å². The molecule has 0 spiro atoms. The van der Waals surface area contributed by atoms with Crippen molar-refractivity contribution in [1.82, 2.24) is 19.9 Å². The average molecular weight is 827 g/mol. The summed E-state index contributed by atoms with van der Waals surface area (Å²) in [5.74, 6) is 0. The molecule has 0 fully saturated rings. The SMILES string of the molecule is CC=C=[C]=[Ru]([Cl])[Cl].CC=[C]=[Ru]([Cl])[Cl].[CH3-].[CH3-].c1cnc2c(c1)ccc1cccnc12.c1cnc2c(c1)ccc1cccnc12. The third-order valence-corrected chi connectivity index (χ3v) is 8.29. The van der Waals surface area contributed by atoms with Crippen molar-refractivity contribution in [2.24, 2.45) is 0 Å². The Labute approximate surface area is 279 Å². The minimum absolute atomic E-state index is 0. The first-order valence-electron chi connectivity index (χ1n) is 11.9. The van der Waals surface area contributed by atoms with Crippen LogP contribution in [0.15, 0.2) is 115 Å². The maximum Gasteiger partial charge on any atom is 0.0964 e. The largest absolute Gasteiger partial charge is 0.358 e. The molecule has 0 bridgehead atoms. The van der Waals surface area contributed by atoms with E-state index in [2.05, 4.69) is 82.7 Å². The van der Waals surface area contributed by atoms with E-state index < -0.39 is 27.0 Å². The number of nitrogens with zero attached hydrogens (tertiary/aromatic N) is 4.